The number of nitrogens with two attached hydrogens (primary N) is 1. The maximum atomic E-state index is 5.66. The van der Waals surface area contributed by atoms with Gasteiger partial charge in [-0.05, 0) is 30.7 Å². The minimum absolute atomic E-state index is 0.0410. The summed E-state index contributed by atoms with van der Waals surface area (Å²) in [7, 11) is 0. The number of anilines is 1. The fourth-order valence-corrected chi connectivity index (χ4v) is 1.85. The van der Waals surface area contributed by atoms with Gasteiger partial charge in [-0.15, -0.1) is 0 Å². The summed E-state index contributed by atoms with van der Waals surface area (Å²) < 4.78 is 7.98. The Bertz CT molecular complexity index is 775. The highest BCUT2D eigenvalue weighted by molar-refractivity contribution is 9.10. The van der Waals surface area contributed by atoms with E-state index >= 15 is 0 Å². The fraction of sp³-hybridized carbons (Fsp3) is 0.0833. The van der Waals surface area contributed by atoms with E-state index in [0.29, 0.717) is 5.75 Å². The predicted molar refractivity (Wildman–Crippen MR) is 78.1 cm³/mol. The van der Waals surface area contributed by atoms with E-state index in [0.717, 1.165) is 10.0 Å². The number of aryl methyl sites for hydroxylation is 1. The number of aromatic nitrogens is 6. The Morgan fingerprint density at radius 1 is 1.24 bits per heavy atom. The fourth-order valence-electron chi connectivity index (χ4n) is 1.61. The van der Waals surface area contributed by atoms with Crippen LogP contribution in [0, 0.1) is 6.92 Å². The Hall–Kier alpha value is -2.55. The molecule has 0 saturated carbocycles. The molecule has 106 valence electrons. The van der Waals surface area contributed by atoms with Crippen LogP contribution >= 0.6 is 15.9 Å². The van der Waals surface area contributed by atoms with Crippen LogP contribution in [-0.4, -0.2) is 29.7 Å². The van der Waals surface area contributed by atoms with E-state index in [9.17, 15) is 0 Å². The van der Waals surface area contributed by atoms with Gasteiger partial charge in [-0.25, -0.2) is 4.98 Å². The molecular weight excluding hydrogens is 338 g/mol. The summed E-state index contributed by atoms with van der Waals surface area (Å²) in [6.07, 6.45) is 2.83. The molecule has 2 heterocycles. The summed E-state index contributed by atoms with van der Waals surface area (Å²) in [5, 5.41) is 3.94. The van der Waals surface area contributed by atoms with Gasteiger partial charge >= 0.3 is 6.01 Å². The van der Waals surface area contributed by atoms with Crippen molar-refractivity contribution in [3.63, 3.8) is 0 Å². The molecule has 0 spiro atoms. The van der Waals surface area contributed by atoms with Gasteiger partial charge in [0, 0.05) is 4.47 Å². The zero-order valence-corrected chi connectivity index (χ0v) is 12.5. The van der Waals surface area contributed by atoms with E-state index in [4.69, 9.17) is 10.5 Å². The van der Waals surface area contributed by atoms with Gasteiger partial charge in [0.2, 0.25) is 5.95 Å². The van der Waals surface area contributed by atoms with Crippen LogP contribution < -0.4 is 10.5 Å². The molecule has 3 aromatic rings. The average Bonchev–Trinajstić information content (AvgIpc) is 2.96. The monoisotopic (exact) mass is 347 g/mol. The second-order valence-electron chi connectivity index (χ2n) is 4.13. The van der Waals surface area contributed by atoms with E-state index < -0.39 is 0 Å². The smallest absolute Gasteiger partial charge is 0.328 e. The second kappa shape index (κ2) is 5.44. The van der Waals surface area contributed by atoms with Gasteiger partial charge in [-0.2, -0.15) is 24.7 Å². The standard InChI is InChI=1S/C12H10BrN7O/c1-7-4-8(2-3-9(7)13)21-12-18-10(14)17-11(19-12)20-6-15-5-16-20/h2-6H,1H3,(H2,14,17,18,19). The first-order valence-corrected chi connectivity index (χ1v) is 6.71. The Kier molecular flexibility index (Phi) is 3.48. The van der Waals surface area contributed by atoms with Gasteiger partial charge in [0.1, 0.15) is 18.4 Å². The largest absolute Gasteiger partial charge is 0.424 e. The molecule has 0 amide bonds. The minimum atomic E-state index is 0.0410. The molecule has 0 unspecified atom stereocenters. The van der Waals surface area contributed by atoms with E-state index in [-0.39, 0.29) is 17.9 Å². The summed E-state index contributed by atoms with van der Waals surface area (Å²) in [5.74, 6) is 0.883. The number of nitrogen functional groups attached to an aromatic ring is 1. The van der Waals surface area contributed by atoms with Crippen LogP contribution in [0.4, 0.5) is 5.95 Å². The molecular formula is C12H10BrN7O. The van der Waals surface area contributed by atoms with Crippen molar-refractivity contribution in [1.82, 2.24) is 29.7 Å². The number of nitrogens with zero attached hydrogens (tertiary/aromatic N) is 6. The van der Waals surface area contributed by atoms with Gasteiger partial charge < -0.3 is 10.5 Å². The van der Waals surface area contributed by atoms with Crippen LogP contribution in [0.1, 0.15) is 5.56 Å². The lowest BCUT2D eigenvalue weighted by Gasteiger charge is -2.07. The Morgan fingerprint density at radius 3 is 2.81 bits per heavy atom. The molecule has 21 heavy (non-hydrogen) atoms. The van der Waals surface area contributed by atoms with Gasteiger partial charge in [0.15, 0.2) is 0 Å². The lowest BCUT2D eigenvalue weighted by molar-refractivity contribution is 0.438. The van der Waals surface area contributed by atoms with Crippen LogP contribution in [-0.2, 0) is 0 Å². The molecule has 3 rings (SSSR count). The number of ether oxygens (including phenoxy) is 1. The van der Waals surface area contributed by atoms with Crippen molar-refractivity contribution in [2.45, 2.75) is 6.92 Å². The summed E-state index contributed by atoms with van der Waals surface area (Å²) in [6, 6.07) is 5.63. The van der Waals surface area contributed by atoms with Crippen molar-refractivity contribution < 1.29 is 4.74 Å². The molecule has 8 nitrogen and oxygen atoms in total. The third-order valence-corrected chi connectivity index (χ3v) is 3.47. The van der Waals surface area contributed by atoms with Crippen LogP contribution in [0.2, 0.25) is 0 Å². The van der Waals surface area contributed by atoms with Crippen LogP contribution in [0.15, 0.2) is 35.3 Å². The second-order valence-corrected chi connectivity index (χ2v) is 4.98. The molecule has 0 atom stereocenters. The van der Waals surface area contributed by atoms with Crippen LogP contribution in [0.3, 0.4) is 0 Å². The van der Waals surface area contributed by atoms with Gasteiger partial charge in [0.25, 0.3) is 5.95 Å². The van der Waals surface area contributed by atoms with Crippen LogP contribution in [0.5, 0.6) is 11.8 Å². The molecule has 0 fully saturated rings. The molecule has 0 saturated heterocycles. The highest BCUT2D eigenvalue weighted by atomic mass is 79.9. The third-order valence-electron chi connectivity index (χ3n) is 2.58. The Morgan fingerprint density at radius 2 is 2.10 bits per heavy atom. The summed E-state index contributed by atoms with van der Waals surface area (Å²) in [6.45, 7) is 1.96. The summed E-state index contributed by atoms with van der Waals surface area (Å²) in [4.78, 5) is 15.9. The van der Waals surface area contributed by atoms with Gasteiger partial charge in [0.05, 0.1) is 0 Å². The zero-order chi connectivity index (χ0) is 14.8. The number of hydrogen-bond acceptors (Lipinski definition) is 7. The zero-order valence-electron chi connectivity index (χ0n) is 10.9. The number of halogens is 1. The Balaban J connectivity index is 1.93. The number of benzene rings is 1. The lowest BCUT2D eigenvalue weighted by Crippen LogP contribution is -2.08. The SMILES string of the molecule is Cc1cc(Oc2nc(N)nc(-n3cncn3)n2)ccc1Br. The summed E-state index contributed by atoms with van der Waals surface area (Å²) >= 11 is 3.43. The Labute approximate surface area is 128 Å². The first kappa shape index (κ1) is 13.4. The molecule has 2 aromatic heterocycles. The molecule has 0 aliphatic carbocycles. The number of hydrogen-bond donors (Lipinski definition) is 1. The maximum Gasteiger partial charge on any atom is 0.328 e. The van der Waals surface area contributed by atoms with Crippen molar-refractivity contribution in [2.24, 2.45) is 0 Å². The maximum absolute atomic E-state index is 5.66. The van der Waals surface area contributed by atoms with Gasteiger partial charge in [-0.1, -0.05) is 15.9 Å². The van der Waals surface area contributed by atoms with Gasteiger partial charge in [-0.3, -0.25) is 0 Å². The molecule has 1 aromatic carbocycles. The first-order chi connectivity index (χ1) is 10.1. The van der Waals surface area contributed by atoms with Crippen molar-refractivity contribution in [2.75, 3.05) is 5.73 Å². The van der Waals surface area contributed by atoms with E-state index in [1.54, 1.807) is 6.07 Å². The predicted octanol–water partition coefficient (Wildman–Crippen LogP) is 1.90. The molecule has 0 aliphatic heterocycles. The molecule has 2 N–H and O–H groups in total. The van der Waals surface area contributed by atoms with E-state index in [1.807, 2.05) is 19.1 Å². The lowest BCUT2D eigenvalue weighted by atomic mass is 10.2. The topological polar surface area (TPSA) is 105 Å². The highest BCUT2D eigenvalue weighted by Crippen LogP contribution is 2.24. The first-order valence-electron chi connectivity index (χ1n) is 5.92. The van der Waals surface area contributed by atoms with E-state index in [1.165, 1.54) is 17.3 Å². The average molecular weight is 348 g/mol. The van der Waals surface area contributed by atoms with Crippen molar-refractivity contribution in [1.29, 1.82) is 0 Å². The summed E-state index contributed by atoms with van der Waals surface area (Å²) in [5.41, 5.74) is 6.70. The van der Waals surface area contributed by atoms with Crippen molar-refractivity contribution in [3.8, 4) is 17.7 Å². The van der Waals surface area contributed by atoms with Crippen molar-refractivity contribution >= 4 is 21.9 Å². The quantitative estimate of drug-likeness (QED) is 0.771. The van der Waals surface area contributed by atoms with Crippen molar-refractivity contribution in [3.05, 3.63) is 40.9 Å². The number of rotatable bonds is 3. The van der Waals surface area contributed by atoms with Crippen LogP contribution in [0.25, 0.3) is 5.95 Å². The molecule has 9 heteroatoms. The van der Waals surface area contributed by atoms with E-state index in [2.05, 4.69) is 41.0 Å². The molecule has 0 bridgehead atoms. The molecule has 0 aliphatic rings. The highest BCUT2D eigenvalue weighted by Gasteiger charge is 2.09. The normalized spacial score (nSPS) is 10.6. The third kappa shape index (κ3) is 2.97. The molecule has 0 radical (unpaired) electrons. The minimum Gasteiger partial charge on any atom is -0.424 e.